The van der Waals surface area contributed by atoms with E-state index in [-0.39, 0.29) is 0 Å². The van der Waals surface area contributed by atoms with Crippen molar-refractivity contribution in [3.05, 3.63) is 64.7 Å². The zero-order valence-electron chi connectivity index (χ0n) is 13.6. The van der Waals surface area contributed by atoms with E-state index >= 15 is 0 Å². The highest BCUT2D eigenvalue weighted by Gasteiger charge is 2.03. The second kappa shape index (κ2) is 10.3. The van der Waals surface area contributed by atoms with E-state index < -0.39 is 0 Å². The third kappa shape index (κ3) is 6.61. The number of ether oxygens (including phenoxy) is 1. The molecule has 3 nitrogen and oxygen atoms in total. The molecule has 0 saturated carbocycles. The molecule has 2 N–H and O–H groups in total. The third-order valence-corrected chi connectivity index (χ3v) is 3.80. The highest BCUT2D eigenvalue weighted by Crippen LogP contribution is 2.19. The minimum Gasteiger partial charge on any atom is -0.489 e. The molecule has 0 heterocycles. The summed E-state index contributed by atoms with van der Waals surface area (Å²) in [7, 11) is 0. The lowest BCUT2D eigenvalue weighted by Gasteiger charge is -2.12. The number of hydrogen-bond acceptors (Lipinski definition) is 3. The molecule has 0 radical (unpaired) electrons. The van der Waals surface area contributed by atoms with Crippen LogP contribution in [-0.4, -0.2) is 19.6 Å². The van der Waals surface area contributed by atoms with Gasteiger partial charge in [0.25, 0.3) is 0 Å². The fourth-order valence-electron chi connectivity index (χ4n) is 2.27. The molecule has 0 aromatic heterocycles. The minimum atomic E-state index is 0.550. The van der Waals surface area contributed by atoms with Crippen molar-refractivity contribution in [1.82, 2.24) is 10.6 Å². The van der Waals surface area contributed by atoms with Crippen molar-refractivity contribution in [2.45, 2.75) is 26.5 Å². The van der Waals surface area contributed by atoms with E-state index in [4.69, 9.17) is 16.3 Å². The van der Waals surface area contributed by atoms with Crippen LogP contribution >= 0.6 is 11.6 Å². The third-order valence-electron chi connectivity index (χ3n) is 3.55. The summed E-state index contributed by atoms with van der Waals surface area (Å²) in [5.74, 6) is 0.932. The van der Waals surface area contributed by atoms with Gasteiger partial charge in [0.1, 0.15) is 12.4 Å². The average Bonchev–Trinajstić information content (AvgIpc) is 2.58. The van der Waals surface area contributed by atoms with Crippen molar-refractivity contribution in [3.8, 4) is 5.75 Å². The van der Waals surface area contributed by atoms with Crippen molar-refractivity contribution in [3.63, 3.8) is 0 Å². The maximum atomic E-state index is 5.96. The maximum Gasteiger partial charge on any atom is 0.124 e. The van der Waals surface area contributed by atoms with Crippen molar-refractivity contribution in [2.75, 3.05) is 19.6 Å². The van der Waals surface area contributed by atoms with Gasteiger partial charge in [0, 0.05) is 17.1 Å². The highest BCUT2D eigenvalue weighted by atomic mass is 35.5. The Labute approximate surface area is 144 Å². The quantitative estimate of drug-likeness (QED) is 0.645. The predicted octanol–water partition coefficient (Wildman–Crippen LogP) is 4.01. The zero-order valence-corrected chi connectivity index (χ0v) is 14.4. The van der Waals surface area contributed by atoms with Gasteiger partial charge in [-0.25, -0.2) is 0 Å². The molecule has 2 rings (SSSR count). The highest BCUT2D eigenvalue weighted by molar-refractivity contribution is 6.30. The summed E-state index contributed by atoms with van der Waals surface area (Å²) in [5, 5.41) is 7.54. The van der Waals surface area contributed by atoms with Crippen LogP contribution < -0.4 is 15.4 Å². The largest absolute Gasteiger partial charge is 0.489 e. The Balaban J connectivity index is 1.81. The molecule has 4 heteroatoms. The molecule has 23 heavy (non-hydrogen) atoms. The summed E-state index contributed by atoms with van der Waals surface area (Å²) in [6.07, 6.45) is 1.13. The van der Waals surface area contributed by atoms with Crippen LogP contribution in [0.1, 0.15) is 24.5 Å². The number of benzene rings is 2. The molecular weight excluding hydrogens is 308 g/mol. The average molecular weight is 333 g/mol. The Morgan fingerprint density at radius 1 is 0.957 bits per heavy atom. The van der Waals surface area contributed by atoms with Gasteiger partial charge in [-0.05, 0) is 49.8 Å². The molecule has 0 aliphatic heterocycles. The molecule has 0 unspecified atom stereocenters. The summed E-state index contributed by atoms with van der Waals surface area (Å²) in [6.45, 7) is 6.58. The van der Waals surface area contributed by atoms with Gasteiger partial charge < -0.3 is 15.4 Å². The van der Waals surface area contributed by atoms with Crippen LogP contribution in [0.5, 0.6) is 5.75 Å². The van der Waals surface area contributed by atoms with E-state index in [9.17, 15) is 0 Å². The minimum absolute atomic E-state index is 0.550. The molecule has 2 aromatic carbocycles. The molecule has 0 saturated heterocycles. The molecule has 0 bridgehead atoms. The van der Waals surface area contributed by atoms with Crippen LogP contribution in [0.2, 0.25) is 5.02 Å². The van der Waals surface area contributed by atoms with Gasteiger partial charge in [0.15, 0.2) is 0 Å². The topological polar surface area (TPSA) is 33.3 Å². The second-order valence-corrected chi connectivity index (χ2v) is 5.84. The number of hydrogen-bond donors (Lipinski definition) is 2. The van der Waals surface area contributed by atoms with E-state index in [0.717, 1.165) is 48.9 Å². The first kappa shape index (κ1) is 17.8. The van der Waals surface area contributed by atoms with E-state index in [1.54, 1.807) is 0 Å². The summed E-state index contributed by atoms with van der Waals surface area (Å²) in [5.41, 5.74) is 2.30. The summed E-state index contributed by atoms with van der Waals surface area (Å²) >= 11 is 5.90. The van der Waals surface area contributed by atoms with Crippen LogP contribution in [0.25, 0.3) is 0 Å². The molecule has 2 aromatic rings. The molecular formula is C19H25ClN2O. The summed E-state index contributed by atoms with van der Waals surface area (Å²) in [4.78, 5) is 0. The smallest absolute Gasteiger partial charge is 0.124 e. The van der Waals surface area contributed by atoms with Crippen LogP contribution in [0.4, 0.5) is 0 Å². The van der Waals surface area contributed by atoms with Gasteiger partial charge in [-0.1, -0.05) is 48.9 Å². The molecule has 124 valence electrons. The van der Waals surface area contributed by atoms with E-state index in [1.807, 2.05) is 42.5 Å². The van der Waals surface area contributed by atoms with Crippen molar-refractivity contribution in [2.24, 2.45) is 0 Å². The SMILES string of the molecule is CCNCCCNCc1ccccc1OCc1ccc(Cl)cc1. The van der Waals surface area contributed by atoms with Gasteiger partial charge in [-0.2, -0.15) is 0 Å². The van der Waals surface area contributed by atoms with Gasteiger partial charge in [-0.3, -0.25) is 0 Å². The lowest BCUT2D eigenvalue weighted by Crippen LogP contribution is -2.21. The fraction of sp³-hybridized carbons (Fsp3) is 0.368. The standard InChI is InChI=1S/C19H25ClN2O/c1-2-21-12-5-13-22-14-17-6-3-4-7-19(17)23-15-16-8-10-18(20)11-9-16/h3-4,6-11,21-22H,2,5,12-15H2,1H3. The Bertz CT molecular complexity index is 572. The molecule has 0 aliphatic carbocycles. The second-order valence-electron chi connectivity index (χ2n) is 5.41. The number of para-hydroxylation sites is 1. The fourth-order valence-corrected chi connectivity index (χ4v) is 2.40. The van der Waals surface area contributed by atoms with Crippen LogP contribution in [0, 0.1) is 0 Å². The van der Waals surface area contributed by atoms with E-state index in [0.29, 0.717) is 6.61 Å². The van der Waals surface area contributed by atoms with Gasteiger partial charge in [0.2, 0.25) is 0 Å². The summed E-state index contributed by atoms with van der Waals surface area (Å²) in [6, 6.07) is 15.9. The molecule has 0 atom stereocenters. The van der Waals surface area contributed by atoms with Gasteiger partial charge >= 0.3 is 0 Å². The zero-order chi connectivity index (χ0) is 16.3. The monoisotopic (exact) mass is 332 g/mol. The number of nitrogens with one attached hydrogen (secondary N) is 2. The number of rotatable bonds is 10. The Hall–Kier alpha value is -1.55. The van der Waals surface area contributed by atoms with Crippen molar-refractivity contribution < 1.29 is 4.74 Å². The van der Waals surface area contributed by atoms with Crippen LogP contribution in [0.3, 0.4) is 0 Å². The van der Waals surface area contributed by atoms with Crippen molar-refractivity contribution in [1.29, 1.82) is 0 Å². The van der Waals surface area contributed by atoms with Crippen molar-refractivity contribution >= 4 is 11.6 Å². The maximum absolute atomic E-state index is 5.96. The van der Waals surface area contributed by atoms with Gasteiger partial charge in [-0.15, -0.1) is 0 Å². The normalized spacial score (nSPS) is 10.7. The van der Waals surface area contributed by atoms with E-state index in [2.05, 4.69) is 23.6 Å². The Kier molecular flexibility index (Phi) is 7.95. The van der Waals surface area contributed by atoms with Gasteiger partial charge in [0.05, 0.1) is 0 Å². The summed E-state index contributed by atoms with van der Waals surface area (Å²) < 4.78 is 5.96. The van der Waals surface area contributed by atoms with E-state index in [1.165, 1.54) is 5.56 Å². The lowest BCUT2D eigenvalue weighted by atomic mass is 10.2. The molecule has 0 amide bonds. The molecule has 0 aliphatic rings. The first-order chi connectivity index (χ1) is 11.3. The first-order valence-corrected chi connectivity index (χ1v) is 8.54. The van der Waals surface area contributed by atoms with Crippen LogP contribution in [-0.2, 0) is 13.2 Å². The predicted molar refractivity (Wildman–Crippen MR) is 97.1 cm³/mol. The Morgan fingerprint density at radius 2 is 1.70 bits per heavy atom. The lowest BCUT2D eigenvalue weighted by molar-refractivity contribution is 0.302. The molecule has 0 fully saturated rings. The van der Waals surface area contributed by atoms with Crippen LogP contribution in [0.15, 0.2) is 48.5 Å². The number of halogens is 1. The Morgan fingerprint density at radius 3 is 2.48 bits per heavy atom. The first-order valence-electron chi connectivity index (χ1n) is 8.16. The molecule has 0 spiro atoms.